The second kappa shape index (κ2) is 13.9. The van der Waals surface area contributed by atoms with Crippen molar-refractivity contribution in [2.45, 2.75) is 31.0 Å². The van der Waals surface area contributed by atoms with Crippen LogP contribution in [0.2, 0.25) is 0 Å². The number of ether oxygens (including phenoxy) is 1. The number of carbonyl (C=O) groups excluding carboxylic acids is 4. The zero-order valence-electron chi connectivity index (χ0n) is 26.2. The summed E-state index contributed by atoms with van der Waals surface area (Å²) in [4.78, 5) is 73.7. The number of benzene rings is 1. The van der Waals surface area contributed by atoms with E-state index in [2.05, 4.69) is 20.8 Å². The lowest BCUT2D eigenvalue weighted by Gasteiger charge is -2.49. The van der Waals surface area contributed by atoms with Gasteiger partial charge in [0.2, 0.25) is 5.91 Å². The fourth-order valence-corrected chi connectivity index (χ4v) is 7.50. The summed E-state index contributed by atoms with van der Waals surface area (Å²) < 4.78 is 7.16. The summed E-state index contributed by atoms with van der Waals surface area (Å²) >= 11 is 2.47. The molecule has 4 amide bonds. The molecule has 2 aromatic heterocycles. The van der Waals surface area contributed by atoms with Crippen molar-refractivity contribution in [3.63, 3.8) is 0 Å². The number of rotatable bonds is 11. The Morgan fingerprint density at radius 2 is 1.88 bits per heavy atom. The van der Waals surface area contributed by atoms with Gasteiger partial charge >= 0.3 is 12.1 Å². The van der Waals surface area contributed by atoms with Gasteiger partial charge in [0.05, 0.1) is 13.1 Å². The summed E-state index contributed by atoms with van der Waals surface area (Å²) in [6.07, 6.45) is 2.73. The molecule has 0 saturated carbocycles. The maximum absolute atomic E-state index is 13.2. The summed E-state index contributed by atoms with van der Waals surface area (Å²) in [7, 11) is 1.27. The Balaban J connectivity index is 1.10. The van der Waals surface area contributed by atoms with E-state index < -0.39 is 41.4 Å². The van der Waals surface area contributed by atoms with Gasteiger partial charge in [0, 0.05) is 41.4 Å². The van der Waals surface area contributed by atoms with E-state index in [0.29, 0.717) is 23.6 Å². The average molecular weight is 708 g/mol. The first-order chi connectivity index (χ1) is 23.5. The SMILES string of the molecule is CO/N=C(\C(=O)N[C@@H]1C(=O)N2C(C(=O)O)=C(C[n+]3ccc(-c4ccc(N5C[C@H](CNC(C)=O)OC5=O)cc4)cc3)CSC12)c1csc(N)n1. The second-order valence-corrected chi connectivity index (χ2v) is 13.2. The Kier molecular flexibility index (Phi) is 9.50. The minimum atomic E-state index is -1.24. The average Bonchev–Trinajstić information content (AvgIpc) is 3.69. The Labute approximate surface area is 287 Å². The predicted molar refractivity (Wildman–Crippen MR) is 178 cm³/mol. The number of cyclic esters (lactones) is 1. The Bertz CT molecular complexity index is 1880. The molecule has 6 rings (SSSR count). The lowest BCUT2D eigenvalue weighted by atomic mass is 10.0. The lowest BCUT2D eigenvalue weighted by Crippen LogP contribution is -2.71. The molecule has 3 aliphatic rings. The molecule has 3 atom stereocenters. The van der Waals surface area contributed by atoms with E-state index in [1.54, 1.807) is 0 Å². The fraction of sp³-hybridized carbons (Fsp3) is 0.290. The summed E-state index contributed by atoms with van der Waals surface area (Å²) in [5, 5.41) is 20.3. The molecule has 3 aliphatic heterocycles. The van der Waals surface area contributed by atoms with Crippen LogP contribution in [-0.2, 0) is 35.3 Å². The van der Waals surface area contributed by atoms with Crippen LogP contribution in [0.25, 0.3) is 11.1 Å². The van der Waals surface area contributed by atoms with E-state index in [4.69, 9.17) is 15.3 Å². The van der Waals surface area contributed by atoms with Crippen LogP contribution < -0.4 is 25.8 Å². The number of carboxylic acids is 1. The number of β-lactam (4-membered cyclic amide) rings is 1. The number of nitrogens with one attached hydrogen (secondary N) is 2. The molecule has 3 aromatic rings. The first kappa shape index (κ1) is 33.4. The lowest BCUT2D eigenvalue weighted by molar-refractivity contribution is -0.689. The number of carbonyl (C=O) groups is 5. The van der Waals surface area contributed by atoms with Gasteiger partial charge in [0.1, 0.15) is 36.0 Å². The molecule has 0 aliphatic carbocycles. The van der Waals surface area contributed by atoms with Gasteiger partial charge in [-0.25, -0.2) is 19.1 Å². The van der Waals surface area contributed by atoms with Crippen LogP contribution in [0.15, 0.2) is 70.6 Å². The number of aromatic nitrogens is 2. The monoisotopic (exact) mass is 707 g/mol. The van der Waals surface area contributed by atoms with E-state index in [0.717, 1.165) is 22.5 Å². The summed E-state index contributed by atoms with van der Waals surface area (Å²) in [6, 6.07) is 10.2. The molecule has 5 heterocycles. The third-order valence-corrected chi connectivity index (χ3v) is 9.94. The highest BCUT2D eigenvalue weighted by Crippen LogP contribution is 2.40. The third kappa shape index (κ3) is 6.91. The molecule has 18 heteroatoms. The number of oxime groups is 1. The zero-order chi connectivity index (χ0) is 34.8. The highest BCUT2D eigenvalue weighted by molar-refractivity contribution is 8.00. The molecule has 254 valence electrons. The highest BCUT2D eigenvalue weighted by atomic mass is 32.2. The highest BCUT2D eigenvalue weighted by Gasteiger charge is 2.55. The number of nitrogens with zero attached hydrogens (tertiary/aromatic N) is 5. The number of pyridine rings is 1. The summed E-state index contributed by atoms with van der Waals surface area (Å²) in [6.45, 7) is 2.20. The predicted octanol–water partition coefficient (Wildman–Crippen LogP) is 0.930. The molecule has 0 spiro atoms. The number of nitrogens with two attached hydrogens (primary N) is 1. The second-order valence-electron chi connectivity index (χ2n) is 11.2. The van der Waals surface area contributed by atoms with Crippen LogP contribution in [0.4, 0.5) is 15.6 Å². The van der Waals surface area contributed by atoms with Crippen LogP contribution in [0, 0.1) is 0 Å². The molecule has 1 aromatic carbocycles. The maximum atomic E-state index is 13.2. The van der Waals surface area contributed by atoms with E-state index in [9.17, 15) is 29.1 Å². The molecule has 2 saturated heterocycles. The van der Waals surface area contributed by atoms with E-state index >= 15 is 0 Å². The Morgan fingerprint density at radius 3 is 2.51 bits per heavy atom. The van der Waals surface area contributed by atoms with Gasteiger partial charge in [-0.2, -0.15) is 0 Å². The van der Waals surface area contributed by atoms with Gasteiger partial charge in [-0.15, -0.1) is 23.1 Å². The van der Waals surface area contributed by atoms with Gasteiger partial charge in [0.25, 0.3) is 11.8 Å². The smallest absolute Gasteiger partial charge is 0.414 e. The number of hydrogen-bond acceptors (Lipinski definition) is 12. The molecule has 5 N–H and O–H groups in total. The van der Waals surface area contributed by atoms with Crippen molar-refractivity contribution in [1.82, 2.24) is 20.5 Å². The number of amides is 4. The number of nitrogen functional groups attached to an aromatic ring is 1. The molecular weight excluding hydrogens is 677 g/mol. The summed E-state index contributed by atoms with van der Waals surface area (Å²) in [5.41, 5.74) is 8.62. The molecule has 0 bridgehead atoms. The van der Waals surface area contributed by atoms with Crippen LogP contribution in [0.1, 0.15) is 12.6 Å². The van der Waals surface area contributed by atoms with E-state index in [1.807, 2.05) is 53.4 Å². The minimum Gasteiger partial charge on any atom is -0.477 e. The molecule has 1 unspecified atom stereocenters. The van der Waals surface area contributed by atoms with Crippen molar-refractivity contribution in [3.05, 3.63) is 71.1 Å². The topological polar surface area (TPSA) is 210 Å². The Hall–Kier alpha value is -5.49. The standard InChI is InChI=1S/C31H30N8O8S2/c1-16(40)33-11-21-13-38(31(45)47-21)20-5-3-17(4-6-20)18-7-9-37(10-8-18)12-19-14-48-28-24(27(42)39(28)25(19)29(43)44)35-26(41)23(36-46-2)22-15-49-30(32)34-22/h3-10,15,21,24,28H,11-14H2,1-2H3,(H4-,32,33,34,35,40,41,43,44)/p+1/b36-23-/t21-,24+,28?/m0/s1. The van der Waals surface area contributed by atoms with Gasteiger partial charge in [-0.05, 0) is 23.3 Å². The van der Waals surface area contributed by atoms with Crippen LogP contribution >= 0.6 is 23.1 Å². The maximum Gasteiger partial charge on any atom is 0.414 e. The van der Waals surface area contributed by atoms with E-state index in [1.165, 1.54) is 41.0 Å². The zero-order valence-corrected chi connectivity index (χ0v) is 27.8. The quantitative estimate of drug-likeness (QED) is 0.0954. The van der Waals surface area contributed by atoms with Crippen molar-refractivity contribution in [2.24, 2.45) is 5.16 Å². The van der Waals surface area contributed by atoms with Gasteiger partial charge < -0.3 is 31.0 Å². The van der Waals surface area contributed by atoms with Crippen molar-refractivity contribution in [1.29, 1.82) is 0 Å². The number of anilines is 2. The largest absolute Gasteiger partial charge is 0.477 e. The number of fused-ring (bicyclic) bond motifs is 1. The van der Waals surface area contributed by atoms with Crippen LogP contribution in [0.5, 0.6) is 0 Å². The number of thiazole rings is 1. The van der Waals surface area contributed by atoms with E-state index in [-0.39, 0.29) is 41.2 Å². The molecular formula is C31H31N8O8S2+. The van der Waals surface area contributed by atoms with Crippen molar-refractivity contribution in [2.75, 3.05) is 36.6 Å². The first-order valence-corrected chi connectivity index (χ1v) is 16.8. The van der Waals surface area contributed by atoms with Gasteiger partial charge in [-0.1, -0.05) is 17.3 Å². The molecule has 49 heavy (non-hydrogen) atoms. The number of thioether (sulfide) groups is 1. The van der Waals surface area contributed by atoms with Gasteiger partial charge in [0.15, 0.2) is 29.8 Å². The van der Waals surface area contributed by atoms with Gasteiger partial charge in [-0.3, -0.25) is 24.2 Å². The minimum absolute atomic E-state index is 0.107. The fourth-order valence-electron chi connectivity index (χ4n) is 5.61. The third-order valence-electron chi connectivity index (χ3n) is 7.93. The summed E-state index contributed by atoms with van der Waals surface area (Å²) in [5.74, 6) is -2.36. The molecule has 0 radical (unpaired) electrons. The van der Waals surface area contributed by atoms with Crippen molar-refractivity contribution >= 4 is 69.4 Å². The normalized spacial score (nSPS) is 20.4. The van der Waals surface area contributed by atoms with Crippen molar-refractivity contribution < 1.29 is 43.2 Å². The number of aliphatic carboxylic acids is 1. The van der Waals surface area contributed by atoms with Crippen LogP contribution in [-0.4, -0.2) is 94.0 Å². The van der Waals surface area contributed by atoms with Crippen molar-refractivity contribution in [3.8, 4) is 11.1 Å². The number of carboxylic acid groups (broad SMARTS) is 1. The first-order valence-electron chi connectivity index (χ1n) is 14.9. The molecule has 16 nitrogen and oxygen atoms in total. The van der Waals surface area contributed by atoms with Crippen LogP contribution in [0.3, 0.4) is 0 Å². The Morgan fingerprint density at radius 1 is 1.16 bits per heavy atom. The number of hydrogen-bond donors (Lipinski definition) is 4. The molecule has 2 fully saturated rings.